The van der Waals surface area contributed by atoms with Gasteiger partial charge in [-0.25, -0.2) is 4.79 Å². The van der Waals surface area contributed by atoms with Crippen LogP contribution in [0.5, 0.6) is 5.75 Å². The third-order valence-electron chi connectivity index (χ3n) is 5.33. The van der Waals surface area contributed by atoms with Crippen LogP contribution in [0, 0.1) is 0 Å². The number of phenolic OH excluding ortho intramolecular Hbond substituents is 1. The van der Waals surface area contributed by atoms with Crippen molar-refractivity contribution in [3.8, 4) is 5.75 Å². The van der Waals surface area contributed by atoms with E-state index in [0.717, 1.165) is 11.1 Å². The number of carbonyl (C=O) groups is 3. The first-order valence-corrected chi connectivity index (χ1v) is 11.3. The van der Waals surface area contributed by atoms with Crippen LogP contribution in [0.3, 0.4) is 0 Å². The highest BCUT2D eigenvalue weighted by Gasteiger charge is 2.28. The molecule has 9 nitrogen and oxygen atoms in total. The zero-order chi connectivity index (χ0) is 25.8. The fourth-order valence-corrected chi connectivity index (χ4v) is 3.48. The van der Waals surface area contributed by atoms with Gasteiger partial charge in [0.25, 0.3) is 5.78 Å². The highest BCUT2D eigenvalue weighted by Crippen LogP contribution is 2.12. The van der Waals surface area contributed by atoms with Crippen molar-refractivity contribution in [2.24, 2.45) is 0 Å². The average molecular weight is 487 g/mol. The van der Waals surface area contributed by atoms with Crippen LogP contribution in [-0.2, 0) is 33.8 Å². The third-order valence-corrected chi connectivity index (χ3v) is 5.33. The Labute approximate surface area is 208 Å². The smallest absolute Gasteiger partial charge is 0.408 e. The van der Waals surface area contributed by atoms with Gasteiger partial charge >= 0.3 is 12.3 Å². The number of rotatable bonds is 11. The molecule has 0 radical (unpaired) electrons. The number of Topliss-reactive ketones (excluding diaryl/α,β-unsaturated/α-hetero) is 1. The molecule has 0 fully saturated rings. The summed E-state index contributed by atoms with van der Waals surface area (Å²) in [6.45, 7) is 0.0290. The van der Waals surface area contributed by atoms with E-state index in [9.17, 15) is 19.5 Å². The highest BCUT2D eigenvalue weighted by molar-refractivity contribution is 6.28. The van der Waals surface area contributed by atoms with Crippen LogP contribution in [0.2, 0.25) is 0 Å². The second-order valence-corrected chi connectivity index (χ2v) is 8.03. The Morgan fingerprint density at radius 1 is 0.806 bits per heavy atom. The van der Waals surface area contributed by atoms with E-state index >= 15 is 0 Å². The fraction of sp³-hybridized carbons (Fsp3) is 0.185. The van der Waals surface area contributed by atoms with Crippen molar-refractivity contribution in [2.75, 3.05) is 0 Å². The number of benzene rings is 3. The third kappa shape index (κ3) is 8.23. The Morgan fingerprint density at radius 2 is 1.36 bits per heavy atom. The van der Waals surface area contributed by atoms with E-state index < -0.39 is 29.9 Å². The summed E-state index contributed by atoms with van der Waals surface area (Å²) in [6, 6.07) is 22.2. The Morgan fingerprint density at radius 3 is 1.97 bits per heavy atom. The SMILES string of the molecule is [N-]=[N+]=CC(=O)[C@H](Cc1ccc(O)cc1)NC(=O)[C@H](Cc1ccccc1)NC(=O)OCc1ccccc1. The molecule has 3 aromatic rings. The number of hydrogen-bond acceptors (Lipinski definition) is 5. The van der Waals surface area contributed by atoms with Crippen molar-refractivity contribution >= 4 is 24.0 Å². The van der Waals surface area contributed by atoms with Crippen LogP contribution < -0.4 is 10.6 Å². The summed E-state index contributed by atoms with van der Waals surface area (Å²) in [7, 11) is 0. The first-order chi connectivity index (χ1) is 17.4. The quantitative estimate of drug-likeness (QED) is 0.217. The minimum absolute atomic E-state index is 0.0290. The lowest BCUT2D eigenvalue weighted by atomic mass is 10.0. The maximum atomic E-state index is 13.2. The van der Waals surface area contributed by atoms with Gasteiger partial charge in [0.2, 0.25) is 5.91 Å². The standard InChI is InChI=1S/C27H26N4O5/c28-29-17-25(33)23(15-20-11-13-22(32)14-12-20)30-26(34)24(16-19-7-3-1-4-8-19)31-27(35)36-18-21-9-5-2-6-10-21/h1-14,17,23-24,32H,15-16,18H2,(H,30,34)(H,31,35)/t23-,24-/m0/s1. The number of phenols is 1. The summed E-state index contributed by atoms with van der Waals surface area (Å²) in [5.74, 6) is -1.19. The van der Waals surface area contributed by atoms with Gasteiger partial charge in [0.05, 0.1) is 0 Å². The summed E-state index contributed by atoms with van der Waals surface area (Å²) < 4.78 is 5.27. The van der Waals surface area contributed by atoms with E-state index in [1.807, 2.05) is 60.7 Å². The molecule has 3 aromatic carbocycles. The Kier molecular flexibility index (Phi) is 9.50. The summed E-state index contributed by atoms with van der Waals surface area (Å²) >= 11 is 0. The Bertz CT molecular complexity index is 1210. The van der Waals surface area contributed by atoms with Crippen molar-refractivity contribution in [3.05, 3.63) is 107 Å². The van der Waals surface area contributed by atoms with Gasteiger partial charge in [0.1, 0.15) is 24.4 Å². The van der Waals surface area contributed by atoms with Crippen LogP contribution in [0.15, 0.2) is 84.9 Å². The molecule has 0 aliphatic carbocycles. The lowest BCUT2D eigenvalue weighted by molar-refractivity contribution is -0.127. The summed E-state index contributed by atoms with van der Waals surface area (Å²) in [4.78, 5) is 41.1. The lowest BCUT2D eigenvalue weighted by Gasteiger charge is -2.22. The van der Waals surface area contributed by atoms with Crippen molar-refractivity contribution in [3.63, 3.8) is 0 Å². The maximum absolute atomic E-state index is 13.2. The summed E-state index contributed by atoms with van der Waals surface area (Å²) in [6.07, 6.45) is 0.154. The normalized spacial score (nSPS) is 11.9. The highest BCUT2D eigenvalue weighted by atomic mass is 16.5. The number of nitrogens with one attached hydrogen (secondary N) is 2. The van der Waals surface area contributed by atoms with Crippen molar-refractivity contribution in [1.82, 2.24) is 10.6 Å². The van der Waals surface area contributed by atoms with E-state index in [1.54, 1.807) is 12.1 Å². The van der Waals surface area contributed by atoms with Crippen LogP contribution in [0.25, 0.3) is 5.53 Å². The number of ketones is 1. The average Bonchev–Trinajstić information content (AvgIpc) is 2.89. The van der Waals surface area contributed by atoms with Crippen LogP contribution in [0.1, 0.15) is 16.7 Å². The van der Waals surface area contributed by atoms with Crippen LogP contribution in [-0.4, -0.2) is 46.0 Å². The second-order valence-electron chi connectivity index (χ2n) is 8.03. The lowest BCUT2D eigenvalue weighted by Crippen LogP contribution is -2.53. The van der Waals surface area contributed by atoms with Gasteiger partial charge in [0, 0.05) is 12.8 Å². The number of aromatic hydroxyl groups is 1. The van der Waals surface area contributed by atoms with Gasteiger partial charge in [-0.15, -0.1) is 0 Å². The number of alkyl carbamates (subject to hydrolysis) is 1. The number of hydrogen-bond donors (Lipinski definition) is 3. The van der Waals surface area contributed by atoms with E-state index in [4.69, 9.17) is 10.3 Å². The van der Waals surface area contributed by atoms with Gasteiger partial charge in [0.15, 0.2) is 0 Å². The largest absolute Gasteiger partial charge is 0.508 e. The zero-order valence-electron chi connectivity index (χ0n) is 19.4. The van der Waals surface area contributed by atoms with Gasteiger partial charge < -0.3 is 26.0 Å². The van der Waals surface area contributed by atoms with Crippen molar-refractivity contribution in [1.29, 1.82) is 0 Å². The molecule has 2 atom stereocenters. The molecule has 2 amide bonds. The van der Waals surface area contributed by atoms with Gasteiger partial charge in [-0.1, -0.05) is 72.8 Å². The molecular weight excluding hydrogens is 460 g/mol. The molecule has 0 aromatic heterocycles. The molecule has 0 unspecified atom stereocenters. The Balaban J connectivity index is 1.74. The van der Waals surface area contributed by atoms with Crippen molar-refractivity contribution in [2.45, 2.75) is 31.5 Å². The predicted octanol–water partition coefficient (Wildman–Crippen LogP) is 2.83. The first kappa shape index (κ1) is 25.9. The minimum atomic E-state index is -1.07. The monoisotopic (exact) mass is 486 g/mol. The first-order valence-electron chi connectivity index (χ1n) is 11.3. The zero-order valence-corrected chi connectivity index (χ0v) is 19.4. The molecule has 36 heavy (non-hydrogen) atoms. The molecule has 3 rings (SSSR count). The molecular formula is C27H26N4O5. The molecule has 3 N–H and O–H groups in total. The fourth-order valence-electron chi connectivity index (χ4n) is 3.48. The molecule has 0 bridgehead atoms. The van der Waals surface area contributed by atoms with Gasteiger partial charge in [-0.05, 0) is 28.8 Å². The van der Waals surface area contributed by atoms with E-state index in [2.05, 4.69) is 15.4 Å². The molecule has 0 heterocycles. The maximum Gasteiger partial charge on any atom is 0.408 e. The van der Waals surface area contributed by atoms with E-state index in [0.29, 0.717) is 11.8 Å². The molecule has 9 heteroatoms. The number of ether oxygens (including phenoxy) is 1. The summed E-state index contributed by atoms with van der Waals surface area (Å²) in [5.41, 5.74) is 11.1. The Hall–Kier alpha value is -4.75. The van der Waals surface area contributed by atoms with Gasteiger partial charge in [-0.3, -0.25) is 9.59 Å². The second kappa shape index (κ2) is 13.2. The molecule has 0 saturated carbocycles. The van der Waals surface area contributed by atoms with Crippen LogP contribution in [0.4, 0.5) is 4.79 Å². The topological polar surface area (TPSA) is 141 Å². The molecule has 0 aliphatic heterocycles. The minimum Gasteiger partial charge on any atom is -0.508 e. The molecule has 0 spiro atoms. The molecule has 0 saturated heterocycles. The molecule has 0 aliphatic rings. The molecule has 184 valence electrons. The van der Waals surface area contributed by atoms with Crippen LogP contribution >= 0.6 is 0 Å². The van der Waals surface area contributed by atoms with Crippen molar-refractivity contribution < 1.29 is 29.0 Å². The van der Waals surface area contributed by atoms with E-state index in [1.165, 1.54) is 12.1 Å². The number of nitrogens with zero attached hydrogens (tertiary/aromatic N) is 2. The number of amides is 2. The summed E-state index contributed by atoms with van der Waals surface area (Å²) in [5, 5.41) is 14.7. The van der Waals surface area contributed by atoms with Gasteiger partial charge in [-0.2, -0.15) is 4.79 Å². The predicted molar refractivity (Wildman–Crippen MR) is 132 cm³/mol. The van der Waals surface area contributed by atoms with E-state index in [-0.39, 0.29) is 25.2 Å². The number of carbonyl (C=O) groups excluding carboxylic acids is 3.